The van der Waals surface area contributed by atoms with Crippen LogP contribution in [0.1, 0.15) is 39.0 Å². The van der Waals surface area contributed by atoms with Gasteiger partial charge in [0.05, 0.1) is 18.8 Å². The SMILES string of the molecule is O=C1c2[nH]nc(-c3ccccc3O)c2C(c2cccc(OCc3ccccc3)c2)N1Cc1ccco1. The van der Waals surface area contributed by atoms with Crippen LogP contribution in [0, 0.1) is 0 Å². The van der Waals surface area contributed by atoms with E-state index in [1.165, 1.54) is 0 Å². The van der Waals surface area contributed by atoms with Crippen LogP contribution in [-0.2, 0) is 13.2 Å². The molecule has 0 aliphatic carbocycles. The van der Waals surface area contributed by atoms with Gasteiger partial charge in [-0.25, -0.2) is 0 Å². The van der Waals surface area contributed by atoms with Gasteiger partial charge >= 0.3 is 0 Å². The molecule has 0 saturated carbocycles. The standard InChI is InChI=1S/C29H23N3O4/c33-24-14-5-4-13-23(24)26-25-27(31-30-26)29(34)32(17-22-12-7-15-35-22)28(25)20-10-6-11-21(16-20)36-18-19-8-2-1-3-9-19/h1-16,28,33H,17-18H2,(H,30,31). The molecule has 7 nitrogen and oxygen atoms in total. The minimum Gasteiger partial charge on any atom is -0.507 e. The van der Waals surface area contributed by atoms with E-state index in [1.54, 1.807) is 35.4 Å². The topological polar surface area (TPSA) is 91.6 Å². The molecule has 0 radical (unpaired) electrons. The number of phenolic OH excluding ortho intramolecular Hbond substituents is 1. The number of nitrogens with zero attached hydrogens (tertiary/aromatic N) is 2. The number of nitrogens with one attached hydrogen (secondary N) is 1. The molecule has 3 heterocycles. The smallest absolute Gasteiger partial charge is 0.273 e. The van der Waals surface area contributed by atoms with E-state index < -0.39 is 6.04 Å². The summed E-state index contributed by atoms with van der Waals surface area (Å²) in [5.74, 6) is 1.29. The molecule has 1 aliphatic heterocycles. The third-order valence-electron chi connectivity index (χ3n) is 6.35. The summed E-state index contributed by atoms with van der Waals surface area (Å²) in [5, 5.41) is 17.9. The van der Waals surface area contributed by atoms with E-state index in [1.807, 2.05) is 66.7 Å². The van der Waals surface area contributed by atoms with Gasteiger partial charge in [-0.05, 0) is 47.5 Å². The van der Waals surface area contributed by atoms with Crippen LogP contribution in [0.4, 0.5) is 0 Å². The Labute approximate surface area is 207 Å². The Balaban J connectivity index is 1.41. The number of carbonyl (C=O) groups excluding carboxylic acids is 1. The van der Waals surface area contributed by atoms with Gasteiger partial charge in [0.2, 0.25) is 0 Å². The Morgan fingerprint density at radius 2 is 1.81 bits per heavy atom. The van der Waals surface area contributed by atoms with Crippen LogP contribution in [0.3, 0.4) is 0 Å². The van der Waals surface area contributed by atoms with Gasteiger partial charge in [0, 0.05) is 11.1 Å². The van der Waals surface area contributed by atoms with E-state index >= 15 is 0 Å². The minimum atomic E-state index is -0.453. The van der Waals surface area contributed by atoms with Crippen molar-refractivity contribution in [2.24, 2.45) is 0 Å². The zero-order valence-electron chi connectivity index (χ0n) is 19.3. The number of phenols is 1. The second kappa shape index (κ2) is 9.11. The van der Waals surface area contributed by atoms with E-state index in [-0.39, 0.29) is 18.2 Å². The van der Waals surface area contributed by atoms with Crippen molar-refractivity contribution in [1.82, 2.24) is 15.1 Å². The highest BCUT2D eigenvalue weighted by Crippen LogP contribution is 2.45. The fraction of sp³-hybridized carbons (Fsp3) is 0.103. The number of aromatic amines is 1. The van der Waals surface area contributed by atoms with Gasteiger partial charge in [0.15, 0.2) is 0 Å². The average molecular weight is 478 g/mol. The first-order valence-corrected chi connectivity index (χ1v) is 11.7. The summed E-state index contributed by atoms with van der Waals surface area (Å²) >= 11 is 0. The maximum atomic E-state index is 13.6. The number of amides is 1. The first-order chi connectivity index (χ1) is 17.7. The molecule has 0 saturated heterocycles. The largest absolute Gasteiger partial charge is 0.507 e. The molecule has 1 aliphatic rings. The number of para-hydroxylation sites is 1. The molecule has 7 heteroatoms. The molecule has 6 rings (SSSR count). The summed E-state index contributed by atoms with van der Waals surface area (Å²) in [6.07, 6.45) is 1.59. The van der Waals surface area contributed by atoms with Gasteiger partial charge in [-0.15, -0.1) is 0 Å². The number of rotatable bonds is 7. The van der Waals surface area contributed by atoms with Gasteiger partial charge in [-0.2, -0.15) is 5.10 Å². The van der Waals surface area contributed by atoms with Crippen molar-refractivity contribution in [3.8, 4) is 22.8 Å². The number of H-pyrrole nitrogens is 1. The fourth-order valence-corrected chi connectivity index (χ4v) is 4.67. The summed E-state index contributed by atoms with van der Waals surface area (Å²) in [7, 11) is 0. The second-order valence-electron chi connectivity index (χ2n) is 8.64. The van der Waals surface area contributed by atoms with Gasteiger partial charge in [0.1, 0.15) is 35.3 Å². The molecule has 178 valence electrons. The van der Waals surface area contributed by atoms with Crippen molar-refractivity contribution >= 4 is 5.91 Å². The molecule has 0 fully saturated rings. The van der Waals surface area contributed by atoms with Crippen molar-refractivity contribution in [2.75, 3.05) is 0 Å². The monoisotopic (exact) mass is 477 g/mol. The molecule has 1 atom stereocenters. The van der Waals surface area contributed by atoms with Gasteiger partial charge in [-0.1, -0.05) is 54.6 Å². The highest BCUT2D eigenvalue weighted by molar-refractivity contribution is 6.00. The lowest BCUT2D eigenvalue weighted by Crippen LogP contribution is -2.29. The Morgan fingerprint density at radius 1 is 0.972 bits per heavy atom. The zero-order chi connectivity index (χ0) is 24.5. The first kappa shape index (κ1) is 21.7. The number of fused-ring (bicyclic) bond motifs is 1. The number of ether oxygens (including phenoxy) is 1. The second-order valence-corrected chi connectivity index (χ2v) is 8.64. The van der Waals surface area contributed by atoms with Crippen LogP contribution in [0.15, 0.2) is 102 Å². The van der Waals surface area contributed by atoms with Crippen LogP contribution in [0.5, 0.6) is 11.5 Å². The van der Waals surface area contributed by atoms with E-state index in [0.717, 1.165) is 11.1 Å². The third-order valence-corrected chi connectivity index (χ3v) is 6.35. The van der Waals surface area contributed by atoms with E-state index in [0.29, 0.717) is 40.6 Å². The molecule has 1 unspecified atom stereocenters. The summed E-state index contributed by atoms with van der Waals surface area (Å²) in [6.45, 7) is 0.721. The molecule has 2 N–H and O–H groups in total. The molecule has 0 bridgehead atoms. The fourth-order valence-electron chi connectivity index (χ4n) is 4.67. The Morgan fingerprint density at radius 3 is 2.61 bits per heavy atom. The van der Waals surface area contributed by atoms with Crippen molar-refractivity contribution in [2.45, 2.75) is 19.2 Å². The lowest BCUT2D eigenvalue weighted by molar-refractivity contribution is 0.0716. The predicted octanol–water partition coefficient (Wildman–Crippen LogP) is 5.70. The number of carbonyl (C=O) groups is 1. The van der Waals surface area contributed by atoms with Crippen molar-refractivity contribution in [3.63, 3.8) is 0 Å². The molecule has 2 aromatic heterocycles. The van der Waals surface area contributed by atoms with Crippen molar-refractivity contribution in [3.05, 3.63) is 125 Å². The normalized spacial score (nSPS) is 14.7. The molecule has 0 spiro atoms. The molecular formula is C29H23N3O4. The lowest BCUT2D eigenvalue weighted by atomic mass is 9.95. The first-order valence-electron chi connectivity index (χ1n) is 11.7. The molecule has 5 aromatic rings. The summed E-state index contributed by atoms with van der Waals surface area (Å²) in [6, 6.07) is 27.9. The highest BCUT2D eigenvalue weighted by atomic mass is 16.5. The number of aromatic nitrogens is 2. The molecule has 3 aromatic carbocycles. The molecule has 36 heavy (non-hydrogen) atoms. The van der Waals surface area contributed by atoms with Gasteiger partial charge in [-0.3, -0.25) is 9.89 Å². The number of hydrogen-bond acceptors (Lipinski definition) is 5. The van der Waals surface area contributed by atoms with Crippen LogP contribution in [-0.4, -0.2) is 26.1 Å². The third kappa shape index (κ3) is 3.90. The number of aromatic hydroxyl groups is 1. The Bertz CT molecular complexity index is 1510. The molecule has 1 amide bonds. The average Bonchev–Trinajstić information content (AvgIpc) is 3.64. The van der Waals surface area contributed by atoms with E-state index in [9.17, 15) is 9.90 Å². The Kier molecular flexibility index (Phi) is 5.50. The van der Waals surface area contributed by atoms with Crippen LogP contribution >= 0.6 is 0 Å². The zero-order valence-corrected chi connectivity index (χ0v) is 19.3. The Hall–Kier alpha value is -4.78. The summed E-state index contributed by atoms with van der Waals surface area (Å²) in [5.41, 5.74) is 4.16. The van der Waals surface area contributed by atoms with E-state index in [4.69, 9.17) is 9.15 Å². The van der Waals surface area contributed by atoms with Gasteiger partial charge in [0.25, 0.3) is 5.91 Å². The summed E-state index contributed by atoms with van der Waals surface area (Å²) < 4.78 is 11.6. The molecular weight excluding hydrogens is 454 g/mol. The number of hydrogen-bond donors (Lipinski definition) is 2. The summed E-state index contributed by atoms with van der Waals surface area (Å²) in [4.78, 5) is 15.3. The maximum absolute atomic E-state index is 13.6. The van der Waals surface area contributed by atoms with Crippen molar-refractivity contribution in [1.29, 1.82) is 0 Å². The highest BCUT2D eigenvalue weighted by Gasteiger charge is 2.43. The van der Waals surface area contributed by atoms with Crippen LogP contribution in [0.2, 0.25) is 0 Å². The number of furan rings is 1. The minimum absolute atomic E-state index is 0.0995. The maximum Gasteiger partial charge on any atom is 0.273 e. The van der Waals surface area contributed by atoms with Crippen molar-refractivity contribution < 1.29 is 19.1 Å². The van der Waals surface area contributed by atoms with Crippen LogP contribution in [0.25, 0.3) is 11.3 Å². The quantitative estimate of drug-likeness (QED) is 0.314. The van der Waals surface area contributed by atoms with E-state index in [2.05, 4.69) is 10.2 Å². The predicted molar refractivity (Wildman–Crippen MR) is 133 cm³/mol. The van der Waals surface area contributed by atoms with Crippen LogP contribution < -0.4 is 4.74 Å². The lowest BCUT2D eigenvalue weighted by Gasteiger charge is -2.26. The number of benzene rings is 3. The van der Waals surface area contributed by atoms with Gasteiger partial charge < -0.3 is 19.2 Å².